The van der Waals surface area contributed by atoms with Gasteiger partial charge in [-0.25, -0.2) is 4.98 Å². The molecule has 1 aromatic carbocycles. The van der Waals surface area contributed by atoms with Crippen molar-refractivity contribution in [2.45, 2.75) is 31.5 Å². The molecule has 2 heterocycles. The Morgan fingerprint density at radius 1 is 1.18 bits per heavy atom. The third-order valence-electron chi connectivity index (χ3n) is 3.95. The van der Waals surface area contributed by atoms with Crippen LogP contribution in [0.3, 0.4) is 0 Å². The number of thioether (sulfide) groups is 1. The number of amides is 2. The Labute approximate surface area is 170 Å². The topological polar surface area (TPSA) is 93.1 Å². The van der Waals surface area contributed by atoms with Crippen molar-refractivity contribution in [1.82, 2.24) is 20.4 Å². The average Bonchev–Trinajstić information content (AvgIpc) is 3.25. The summed E-state index contributed by atoms with van der Waals surface area (Å²) in [4.78, 5) is 41.8. The molecule has 7 nitrogen and oxygen atoms in total. The predicted octanol–water partition coefficient (Wildman–Crippen LogP) is 2.81. The van der Waals surface area contributed by atoms with E-state index in [1.54, 1.807) is 34.2 Å². The number of hydrazine groups is 1. The van der Waals surface area contributed by atoms with Gasteiger partial charge >= 0.3 is 0 Å². The smallest absolute Gasteiger partial charge is 0.279 e. The van der Waals surface area contributed by atoms with Crippen LogP contribution in [-0.2, 0) is 11.3 Å². The van der Waals surface area contributed by atoms with Crippen molar-refractivity contribution in [1.29, 1.82) is 0 Å². The van der Waals surface area contributed by atoms with Crippen LogP contribution >= 0.6 is 23.1 Å². The van der Waals surface area contributed by atoms with E-state index in [9.17, 15) is 14.4 Å². The molecule has 0 atom stereocenters. The van der Waals surface area contributed by atoms with Crippen molar-refractivity contribution in [2.75, 3.05) is 5.75 Å². The molecule has 0 aliphatic carbocycles. The van der Waals surface area contributed by atoms with Crippen molar-refractivity contribution < 1.29 is 9.59 Å². The number of fused-ring (bicyclic) bond motifs is 1. The number of carbonyl (C=O) groups is 2. The SMILES string of the molecule is CCCCn1c(SCC(=O)NNC(=O)c2cccs2)nc2ccccc2c1=O. The van der Waals surface area contributed by atoms with Gasteiger partial charge in [-0.1, -0.05) is 43.3 Å². The zero-order valence-corrected chi connectivity index (χ0v) is 16.9. The van der Waals surface area contributed by atoms with E-state index in [4.69, 9.17) is 0 Å². The van der Waals surface area contributed by atoms with Gasteiger partial charge in [0.25, 0.3) is 11.5 Å². The van der Waals surface area contributed by atoms with Crippen molar-refractivity contribution in [3.05, 3.63) is 57.0 Å². The predicted molar refractivity (Wildman–Crippen MR) is 112 cm³/mol. The lowest BCUT2D eigenvalue weighted by atomic mass is 10.2. The lowest BCUT2D eigenvalue weighted by Crippen LogP contribution is -2.42. The fraction of sp³-hybridized carbons (Fsp3) is 0.263. The normalized spacial score (nSPS) is 10.8. The summed E-state index contributed by atoms with van der Waals surface area (Å²) in [6, 6.07) is 10.6. The Bertz CT molecular complexity index is 1030. The maximum atomic E-state index is 12.8. The maximum absolute atomic E-state index is 12.8. The summed E-state index contributed by atoms with van der Waals surface area (Å²) in [5.74, 6) is -0.710. The second-order valence-electron chi connectivity index (χ2n) is 5.99. The van der Waals surface area contributed by atoms with Gasteiger partial charge in [0.1, 0.15) is 0 Å². The number of rotatable bonds is 7. The van der Waals surface area contributed by atoms with Gasteiger partial charge in [-0.15, -0.1) is 11.3 Å². The van der Waals surface area contributed by atoms with Gasteiger partial charge < -0.3 is 0 Å². The van der Waals surface area contributed by atoms with Crippen LogP contribution in [0.4, 0.5) is 0 Å². The van der Waals surface area contributed by atoms with Crippen molar-refractivity contribution in [3.8, 4) is 0 Å². The molecule has 3 rings (SSSR count). The molecule has 0 aliphatic rings. The molecule has 0 spiro atoms. The van der Waals surface area contributed by atoms with Gasteiger partial charge in [-0.2, -0.15) is 0 Å². The van der Waals surface area contributed by atoms with E-state index in [1.807, 2.05) is 12.1 Å². The van der Waals surface area contributed by atoms with Gasteiger partial charge in [0.15, 0.2) is 5.16 Å². The number of carbonyl (C=O) groups excluding carboxylic acids is 2. The van der Waals surface area contributed by atoms with E-state index in [0.29, 0.717) is 27.5 Å². The lowest BCUT2D eigenvalue weighted by Gasteiger charge is -2.13. The first-order chi connectivity index (χ1) is 13.6. The summed E-state index contributed by atoms with van der Waals surface area (Å²) >= 11 is 2.46. The molecule has 0 aliphatic heterocycles. The zero-order chi connectivity index (χ0) is 19.9. The van der Waals surface area contributed by atoms with E-state index in [2.05, 4.69) is 22.8 Å². The summed E-state index contributed by atoms with van der Waals surface area (Å²) in [6.45, 7) is 2.60. The standard InChI is InChI=1S/C19H20N4O3S2/c1-2-3-10-23-18(26)13-7-4-5-8-14(13)20-19(23)28-12-16(24)21-22-17(25)15-9-6-11-27-15/h4-9,11H,2-3,10,12H2,1H3,(H,21,24)(H,22,25). The number of para-hydroxylation sites is 1. The molecule has 9 heteroatoms. The Kier molecular flexibility index (Phi) is 6.83. The average molecular weight is 417 g/mol. The molecule has 0 unspecified atom stereocenters. The molecule has 2 N–H and O–H groups in total. The van der Waals surface area contributed by atoms with E-state index in [1.165, 1.54) is 23.1 Å². The van der Waals surface area contributed by atoms with Crippen LogP contribution < -0.4 is 16.4 Å². The van der Waals surface area contributed by atoms with Gasteiger partial charge in [0, 0.05) is 6.54 Å². The molecule has 2 aromatic heterocycles. The molecule has 0 saturated heterocycles. The van der Waals surface area contributed by atoms with Crippen molar-refractivity contribution >= 4 is 45.8 Å². The van der Waals surface area contributed by atoms with Crippen LogP contribution in [0.2, 0.25) is 0 Å². The molecular formula is C19H20N4O3S2. The van der Waals surface area contributed by atoms with Crippen LogP contribution in [-0.4, -0.2) is 27.1 Å². The number of unbranched alkanes of at least 4 members (excludes halogenated alkanes) is 1. The van der Waals surface area contributed by atoms with E-state index >= 15 is 0 Å². The summed E-state index contributed by atoms with van der Waals surface area (Å²) in [6.07, 6.45) is 1.79. The minimum absolute atomic E-state index is 0.0294. The molecule has 0 bridgehead atoms. The number of thiophene rings is 1. The Balaban J connectivity index is 1.69. The molecule has 3 aromatic rings. The van der Waals surface area contributed by atoms with Gasteiger partial charge in [0.05, 0.1) is 21.5 Å². The van der Waals surface area contributed by atoms with Crippen LogP contribution in [0.5, 0.6) is 0 Å². The highest BCUT2D eigenvalue weighted by Crippen LogP contribution is 2.18. The van der Waals surface area contributed by atoms with E-state index in [-0.39, 0.29) is 23.1 Å². The Morgan fingerprint density at radius 2 is 2.00 bits per heavy atom. The van der Waals surface area contributed by atoms with Crippen LogP contribution in [0, 0.1) is 0 Å². The molecule has 0 saturated carbocycles. The number of nitrogens with zero attached hydrogens (tertiary/aromatic N) is 2. The van der Waals surface area contributed by atoms with Crippen LogP contribution in [0.25, 0.3) is 10.9 Å². The first-order valence-electron chi connectivity index (χ1n) is 8.85. The first kappa shape index (κ1) is 20.1. The second kappa shape index (κ2) is 9.52. The molecule has 146 valence electrons. The first-order valence-corrected chi connectivity index (χ1v) is 10.7. The maximum Gasteiger partial charge on any atom is 0.279 e. The number of aromatic nitrogens is 2. The molecule has 0 radical (unpaired) electrons. The van der Waals surface area contributed by atoms with Crippen LogP contribution in [0.15, 0.2) is 51.7 Å². The Hall–Kier alpha value is -2.65. The summed E-state index contributed by atoms with van der Waals surface area (Å²) < 4.78 is 1.62. The van der Waals surface area contributed by atoms with Crippen LogP contribution in [0.1, 0.15) is 29.4 Å². The van der Waals surface area contributed by atoms with E-state index < -0.39 is 0 Å². The third kappa shape index (κ3) is 4.79. The molecule has 0 fully saturated rings. The minimum atomic E-state index is -0.376. The highest BCUT2D eigenvalue weighted by atomic mass is 32.2. The summed E-state index contributed by atoms with van der Waals surface area (Å²) in [5.41, 5.74) is 5.27. The van der Waals surface area contributed by atoms with E-state index in [0.717, 1.165) is 12.8 Å². The zero-order valence-electron chi connectivity index (χ0n) is 15.3. The number of nitrogens with one attached hydrogen (secondary N) is 2. The number of benzene rings is 1. The largest absolute Gasteiger partial charge is 0.287 e. The highest BCUT2D eigenvalue weighted by molar-refractivity contribution is 7.99. The van der Waals surface area contributed by atoms with Gasteiger partial charge in [-0.3, -0.25) is 29.8 Å². The van der Waals surface area contributed by atoms with Gasteiger partial charge in [0.2, 0.25) is 5.91 Å². The Morgan fingerprint density at radius 3 is 2.75 bits per heavy atom. The number of hydrogen-bond donors (Lipinski definition) is 2. The second-order valence-corrected chi connectivity index (χ2v) is 7.88. The fourth-order valence-electron chi connectivity index (χ4n) is 2.53. The molecule has 28 heavy (non-hydrogen) atoms. The van der Waals surface area contributed by atoms with Crippen molar-refractivity contribution in [2.24, 2.45) is 0 Å². The molecular weight excluding hydrogens is 396 g/mol. The summed E-state index contributed by atoms with van der Waals surface area (Å²) in [5, 5.41) is 2.85. The van der Waals surface area contributed by atoms with Gasteiger partial charge in [-0.05, 0) is 30.0 Å². The number of hydrogen-bond acceptors (Lipinski definition) is 6. The quantitative estimate of drug-likeness (QED) is 0.351. The fourth-order valence-corrected chi connectivity index (χ4v) is 3.98. The highest BCUT2D eigenvalue weighted by Gasteiger charge is 2.14. The van der Waals surface area contributed by atoms with Crippen molar-refractivity contribution in [3.63, 3.8) is 0 Å². The third-order valence-corrected chi connectivity index (χ3v) is 5.80. The lowest BCUT2D eigenvalue weighted by molar-refractivity contribution is -0.119. The minimum Gasteiger partial charge on any atom is -0.287 e. The summed E-state index contributed by atoms with van der Waals surface area (Å²) in [7, 11) is 0. The monoisotopic (exact) mass is 416 g/mol. The molecule has 2 amide bonds.